The Labute approximate surface area is 137 Å². The molecule has 0 atom stereocenters. The first-order valence-electron chi connectivity index (χ1n) is 8.20. The molecule has 0 aromatic carbocycles. The second kappa shape index (κ2) is 7.01. The monoisotopic (exact) mass is 319 g/mol. The fraction of sp³-hybridized carbons (Fsp3) is 0.647. The number of pyridine rings is 1. The number of aryl methyl sites for hydroxylation is 2. The smallest absolute Gasteiger partial charge is 0.253 e. The van der Waals surface area contributed by atoms with Crippen molar-refractivity contribution in [3.05, 3.63) is 29.1 Å². The van der Waals surface area contributed by atoms with Gasteiger partial charge in [-0.1, -0.05) is 0 Å². The Bertz CT molecular complexity index is 514. The standard InChI is InChI=1S/C17H25N3OS/c1-13-11-15(12-14(2)18-13)17(21)20-5-3-16(4-6-20)19-7-9-22-10-8-19/h11-12,16H,3-10H2,1-2H3. The molecular weight excluding hydrogens is 294 g/mol. The van der Waals surface area contributed by atoms with Gasteiger partial charge in [0.2, 0.25) is 0 Å². The zero-order valence-corrected chi connectivity index (χ0v) is 14.4. The van der Waals surface area contributed by atoms with E-state index in [0.29, 0.717) is 6.04 Å². The number of carbonyl (C=O) groups excluding carboxylic acids is 1. The number of likely N-dealkylation sites (tertiary alicyclic amines) is 1. The summed E-state index contributed by atoms with van der Waals surface area (Å²) in [7, 11) is 0. The Morgan fingerprint density at radius 1 is 1.09 bits per heavy atom. The van der Waals surface area contributed by atoms with Gasteiger partial charge in [-0.25, -0.2) is 0 Å². The normalized spacial score (nSPS) is 21.1. The fourth-order valence-electron chi connectivity index (χ4n) is 3.52. The molecule has 2 aliphatic heterocycles. The van der Waals surface area contributed by atoms with Crippen LogP contribution in [-0.4, -0.2) is 64.4 Å². The summed E-state index contributed by atoms with van der Waals surface area (Å²) in [5, 5.41) is 0. The van der Waals surface area contributed by atoms with Gasteiger partial charge in [0.1, 0.15) is 0 Å². The van der Waals surface area contributed by atoms with E-state index in [1.165, 1.54) is 24.6 Å². The van der Waals surface area contributed by atoms with Gasteiger partial charge >= 0.3 is 0 Å². The van der Waals surface area contributed by atoms with Crippen LogP contribution in [0.25, 0.3) is 0 Å². The first kappa shape index (κ1) is 15.8. The Balaban J connectivity index is 1.59. The van der Waals surface area contributed by atoms with Crippen molar-refractivity contribution in [3.8, 4) is 0 Å². The molecule has 0 saturated carbocycles. The second-order valence-electron chi connectivity index (χ2n) is 6.31. The van der Waals surface area contributed by atoms with Crippen molar-refractivity contribution in [1.82, 2.24) is 14.8 Å². The lowest BCUT2D eigenvalue weighted by Crippen LogP contribution is -2.49. The lowest BCUT2D eigenvalue weighted by molar-refractivity contribution is 0.0630. The van der Waals surface area contributed by atoms with E-state index in [1.807, 2.05) is 30.9 Å². The minimum Gasteiger partial charge on any atom is -0.339 e. The SMILES string of the molecule is Cc1cc(C(=O)N2CCC(N3CCSCC3)CC2)cc(C)n1. The number of carbonyl (C=O) groups is 1. The molecule has 0 spiro atoms. The van der Waals surface area contributed by atoms with Crippen LogP contribution < -0.4 is 0 Å². The molecule has 4 nitrogen and oxygen atoms in total. The predicted octanol–water partition coefficient (Wildman–Crippen LogP) is 2.35. The van der Waals surface area contributed by atoms with Crippen molar-refractivity contribution in [2.75, 3.05) is 37.7 Å². The largest absolute Gasteiger partial charge is 0.339 e. The molecule has 5 heteroatoms. The number of nitrogens with zero attached hydrogens (tertiary/aromatic N) is 3. The lowest BCUT2D eigenvalue weighted by atomic mass is 10.0. The van der Waals surface area contributed by atoms with Gasteiger partial charge in [-0.05, 0) is 38.8 Å². The Morgan fingerprint density at radius 3 is 2.27 bits per heavy atom. The van der Waals surface area contributed by atoms with Gasteiger partial charge in [-0.3, -0.25) is 14.7 Å². The summed E-state index contributed by atoms with van der Waals surface area (Å²) >= 11 is 2.06. The molecule has 2 aliphatic rings. The van der Waals surface area contributed by atoms with E-state index in [9.17, 15) is 4.79 Å². The van der Waals surface area contributed by atoms with Gasteiger partial charge in [-0.15, -0.1) is 0 Å². The van der Waals surface area contributed by atoms with Crippen LogP contribution in [0, 0.1) is 13.8 Å². The summed E-state index contributed by atoms with van der Waals surface area (Å²) in [4.78, 5) is 21.7. The van der Waals surface area contributed by atoms with E-state index in [4.69, 9.17) is 0 Å². The Kier molecular flexibility index (Phi) is 5.03. The third-order valence-corrected chi connectivity index (χ3v) is 5.58. The van der Waals surface area contributed by atoms with Gasteiger partial charge in [0.15, 0.2) is 0 Å². The van der Waals surface area contributed by atoms with Crippen LogP contribution in [0.4, 0.5) is 0 Å². The highest BCUT2D eigenvalue weighted by atomic mass is 32.2. The molecule has 2 fully saturated rings. The first-order valence-corrected chi connectivity index (χ1v) is 9.35. The van der Waals surface area contributed by atoms with Crippen LogP contribution in [0.5, 0.6) is 0 Å². The van der Waals surface area contributed by atoms with E-state index in [-0.39, 0.29) is 5.91 Å². The molecule has 3 heterocycles. The van der Waals surface area contributed by atoms with Crippen molar-refractivity contribution in [2.45, 2.75) is 32.7 Å². The van der Waals surface area contributed by atoms with Crippen molar-refractivity contribution in [2.24, 2.45) is 0 Å². The zero-order chi connectivity index (χ0) is 15.5. The maximum atomic E-state index is 12.7. The molecule has 0 aliphatic carbocycles. The summed E-state index contributed by atoms with van der Waals surface area (Å²) in [5.41, 5.74) is 2.63. The molecule has 22 heavy (non-hydrogen) atoms. The topological polar surface area (TPSA) is 36.4 Å². The minimum atomic E-state index is 0.168. The number of hydrogen-bond acceptors (Lipinski definition) is 4. The second-order valence-corrected chi connectivity index (χ2v) is 7.54. The highest BCUT2D eigenvalue weighted by molar-refractivity contribution is 7.99. The van der Waals surface area contributed by atoms with Crippen LogP contribution in [0.2, 0.25) is 0 Å². The average Bonchev–Trinajstić information content (AvgIpc) is 2.54. The summed E-state index contributed by atoms with van der Waals surface area (Å²) in [5.74, 6) is 2.69. The van der Waals surface area contributed by atoms with Crippen LogP contribution >= 0.6 is 11.8 Å². The third-order valence-electron chi connectivity index (χ3n) is 4.64. The van der Waals surface area contributed by atoms with E-state index in [1.54, 1.807) is 0 Å². The highest BCUT2D eigenvalue weighted by Gasteiger charge is 2.28. The molecule has 0 bridgehead atoms. The number of hydrogen-bond donors (Lipinski definition) is 0. The number of rotatable bonds is 2. The van der Waals surface area contributed by atoms with Gasteiger partial charge in [0, 0.05) is 60.7 Å². The summed E-state index contributed by atoms with van der Waals surface area (Å²) in [6, 6.07) is 4.48. The Hall–Kier alpha value is -1.07. The van der Waals surface area contributed by atoms with E-state index in [0.717, 1.165) is 42.9 Å². The molecule has 0 radical (unpaired) electrons. The van der Waals surface area contributed by atoms with Crippen LogP contribution in [0.15, 0.2) is 12.1 Å². The van der Waals surface area contributed by atoms with E-state index >= 15 is 0 Å². The van der Waals surface area contributed by atoms with Gasteiger partial charge in [0.25, 0.3) is 5.91 Å². The predicted molar refractivity (Wildman–Crippen MR) is 91.5 cm³/mol. The zero-order valence-electron chi connectivity index (χ0n) is 13.5. The molecule has 120 valence electrons. The molecule has 3 rings (SSSR count). The molecule has 0 N–H and O–H groups in total. The average molecular weight is 319 g/mol. The van der Waals surface area contributed by atoms with E-state index < -0.39 is 0 Å². The lowest BCUT2D eigenvalue weighted by Gasteiger charge is -2.40. The summed E-state index contributed by atoms with van der Waals surface area (Å²) in [6.45, 7) is 8.09. The number of thioether (sulfide) groups is 1. The quantitative estimate of drug-likeness (QED) is 0.838. The third kappa shape index (κ3) is 3.63. The fourth-order valence-corrected chi connectivity index (χ4v) is 4.45. The van der Waals surface area contributed by atoms with Crippen molar-refractivity contribution in [3.63, 3.8) is 0 Å². The summed E-state index contributed by atoms with van der Waals surface area (Å²) in [6.07, 6.45) is 2.22. The van der Waals surface area contributed by atoms with Crippen molar-refractivity contribution >= 4 is 17.7 Å². The Morgan fingerprint density at radius 2 is 1.68 bits per heavy atom. The molecule has 1 amide bonds. The van der Waals surface area contributed by atoms with Gasteiger partial charge in [-0.2, -0.15) is 11.8 Å². The van der Waals surface area contributed by atoms with Crippen LogP contribution in [-0.2, 0) is 0 Å². The van der Waals surface area contributed by atoms with Crippen LogP contribution in [0.3, 0.4) is 0 Å². The maximum Gasteiger partial charge on any atom is 0.253 e. The number of aromatic nitrogens is 1. The first-order chi connectivity index (χ1) is 10.6. The maximum absolute atomic E-state index is 12.7. The molecule has 0 unspecified atom stereocenters. The molecule has 1 aromatic rings. The number of piperidine rings is 1. The van der Waals surface area contributed by atoms with Gasteiger partial charge in [0.05, 0.1) is 0 Å². The molecule has 2 saturated heterocycles. The molecular formula is C17H25N3OS. The molecule has 1 aromatic heterocycles. The van der Waals surface area contributed by atoms with Crippen molar-refractivity contribution in [1.29, 1.82) is 0 Å². The summed E-state index contributed by atoms with van der Waals surface area (Å²) < 4.78 is 0. The van der Waals surface area contributed by atoms with E-state index in [2.05, 4.69) is 21.6 Å². The van der Waals surface area contributed by atoms with Crippen molar-refractivity contribution < 1.29 is 4.79 Å². The number of amides is 1. The van der Waals surface area contributed by atoms with Crippen LogP contribution in [0.1, 0.15) is 34.6 Å². The minimum absolute atomic E-state index is 0.168. The van der Waals surface area contributed by atoms with Gasteiger partial charge < -0.3 is 4.90 Å². The highest BCUT2D eigenvalue weighted by Crippen LogP contribution is 2.21.